The van der Waals surface area contributed by atoms with Crippen LogP contribution >= 0.6 is 23.4 Å². The Labute approximate surface area is 178 Å². The maximum Gasteiger partial charge on any atom is 0.237 e. The zero-order chi connectivity index (χ0) is 20.5. The monoisotopic (exact) mass is 424 g/mol. The van der Waals surface area contributed by atoms with E-state index in [1.807, 2.05) is 48.6 Å². The summed E-state index contributed by atoms with van der Waals surface area (Å²) in [5.41, 5.74) is 4.67. The lowest BCUT2D eigenvalue weighted by Crippen LogP contribution is -2.25. The molecule has 1 atom stereocenters. The SMILES string of the molecule is CCC(Sc1nnc2cc(C)c3ccccc3n12)C(=O)Nc1cc(Cl)ccc1C. The summed E-state index contributed by atoms with van der Waals surface area (Å²) in [6.07, 6.45) is 0.662. The summed E-state index contributed by atoms with van der Waals surface area (Å²) in [6, 6.07) is 15.7. The maximum absolute atomic E-state index is 13.0. The molecule has 0 aliphatic heterocycles. The van der Waals surface area contributed by atoms with Crippen molar-refractivity contribution in [3.05, 3.63) is 64.7 Å². The summed E-state index contributed by atoms with van der Waals surface area (Å²) >= 11 is 7.51. The average Bonchev–Trinajstić information content (AvgIpc) is 3.11. The molecule has 0 aliphatic carbocycles. The van der Waals surface area contributed by atoms with E-state index < -0.39 is 0 Å². The number of pyridine rings is 1. The van der Waals surface area contributed by atoms with Crippen molar-refractivity contribution in [2.45, 2.75) is 37.6 Å². The van der Waals surface area contributed by atoms with Gasteiger partial charge < -0.3 is 5.32 Å². The van der Waals surface area contributed by atoms with Gasteiger partial charge in [-0.15, -0.1) is 10.2 Å². The van der Waals surface area contributed by atoms with Gasteiger partial charge in [0.15, 0.2) is 10.8 Å². The van der Waals surface area contributed by atoms with Crippen LogP contribution in [0.15, 0.2) is 53.7 Å². The molecule has 0 fully saturated rings. The van der Waals surface area contributed by atoms with E-state index in [1.54, 1.807) is 6.07 Å². The lowest BCUT2D eigenvalue weighted by molar-refractivity contribution is -0.115. The number of aromatic nitrogens is 3. The topological polar surface area (TPSA) is 59.3 Å². The highest BCUT2D eigenvalue weighted by molar-refractivity contribution is 8.00. The Morgan fingerprint density at radius 2 is 1.93 bits per heavy atom. The molecule has 0 radical (unpaired) electrons. The van der Waals surface area contributed by atoms with Gasteiger partial charge in [0, 0.05) is 16.1 Å². The maximum atomic E-state index is 13.0. The quantitative estimate of drug-likeness (QED) is 0.420. The molecule has 4 aromatic rings. The van der Waals surface area contributed by atoms with E-state index in [-0.39, 0.29) is 11.2 Å². The molecule has 0 spiro atoms. The fourth-order valence-electron chi connectivity index (χ4n) is 3.34. The summed E-state index contributed by atoms with van der Waals surface area (Å²) in [5, 5.41) is 13.9. The van der Waals surface area contributed by atoms with Gasteiger partial charge in [0.05, 0.1) is 10.8 Å². The summed E-state index contributed by atoms with van der Waals surface area (Å²) < 4.78 is 2.02. The van der Waals surface area contributed by atoms with Crippen molar-refractivity contribution < 1.29 is 4.79 Å². The average molecular weight is 425 g/mol. The first-order valence-electron chi connectivity index (χ1n) is 9.45. The smallest absolute Gasteiger partial charge is 0.237 e. The molecule has 0 bridgehead atoms. The van der Waals surface area contributed by atoms with Gasteiger partial charge in [-0.25, -0.2) is 0 Å². The van der Waals surface area contributed by atoms with Crippen molar-refractivity contribution in [2.75, 3.05) is 5.32 Å². The summed E-state index contributed by atoms with van der Waals surface area (Å²) in [4.78, 5) is 13.0. The summed E-state index contributed by atoms with van der Waals surface area (Å²) in [7, 11) is 0. The lowest BCUT2D eigenvalue weighted by Gasteiger charge is -2.16. The number of fused-ring (bicyclic) bond motifs is 3. The van der Waals surface area contributed by atoms with Crippen LogP contribution in [0.5, 0.6) is 0 Å². The number of benzene rings is 2. The van der Waals surface area contributed by atoms with Crippen LogP contribution in [0.3, 0.4) is 0 Å². The predicted molar refractivity (Wildman–Crippen MR) is 120 cm³/mol. The molecule has 2 heterocycles. The first-order valence-corrected chi connectivity index (χ1v) is 10.7. The number of anilines is 1. The number of carbonyl (C=O) groups is 1. The Morgan fingerprint density at radius 3 is 2.72 bits per heavy atom. The minimum absolute atomic E-state index is 0.0731. The summed E-state index contributed by atoms with van der Waals surface area (Å²) in [6.45, 7) is 6.01. The van der Waals surface area contributed by atoms with Gasteiger partial charge in [0.25, 0.3) is 0 Å². The van der Waals surface area contributed by atoms with Crippen LogP contribution in [0.25, 0.3) is 16.6 Å². The number of nitrogens with zero attached hydrogens (tertiary/aromatic N) is 3. The molecular weight excluding hydrogens is 404 g/mol. The number of thioether (sulfide) groups is 1. The third-order valence-corrected chi connectivity index (χ3v) is 6.48. The highest BCUT2D eigenvalue weighted by Gasteiger charge is 2.22. The number of hydrogen-bond donors (Lipinski definition) is 1. The Kier molecular flexibility index (Phi) is 5.48. The second kappa shape index (κ2) is 8.05. The van der Waals surface area contributed by atoms with E-state index in [2.05, 4.69) is 34.6 Å². The number of amides is 1. The molecule has 1 amide bonds. The number of halogens is 1. The molecule has 4 rings (SSSR count). The van der Waals surface area contributed by atoms with Gasteiger partial charge in [-0.3, -0.25) is 9.20 Å². The van der Waals surface area contributed by atoms with E-state index in [9.17, 15) is 4.79 Å². The molecule has 1 unspecified atom stereocenters. The lowest BCUT2D eigenvalue weighted by atomic mass is 10.1. The van der Waals surface area contributed by atoms with Crippen molar-refractivity contribution in [1.82, 2.24) is 14.6 Å². The summed E-state index contributed by atoms with van der Waals surface area (Å²) in [5.74, 6) is -0.0731. The molecule has 7 heteroatoms. The molecule has 5 nitrogen and oxygen atoms in total. The van der Waals surface area contributed by atoms with Gasteiger partial charge in [0.1, 0.15) is 0 Å². The number of hydrogen-bond acceptors (Lipinski definition) is 4. The highest BCUT2D eigenvalue weighted by atomic mass is 35.5. The Balaban J connectivity index is 1.67. The highest BCUT2D eigenvalue weighted by Crippen LogP contribution is 2.30. The van der Waals surface area contributed by atoms with E-state index in [1.165, 1.54) is 11.8 Å². The van der Waals surface area contributed by atoms with Gasteiger partial charge in [-0.05, 0) is 55.7 Å². The molecular formula is C22H21ClN4OS. The Hall–Kier alpha value is -2.57. The van der Waals surface area contributed by atoms with Crippen molar-refractivity contribution in [1.29, 1.82) is 0 Å². The van der Waals surface area contributed by atoms with Gasteiger partial charge in [-0.1, -0.05) is 54.6 Å². The van der Waals surface area contributed by atoms with Gasteiger partial charge >= 0.3 is 0 Å². The molecule has 0 aliphatic rings. The largest absolute Gasteiger partial charge is 0.325 e. The Morgan fingerprint density at radius 1 is 1.14 bits per heavy atom. The molecule has 1 N–H and O–H groups in total. The molecule has 29 heavy (non-hydrogen) atoms. The van der Waals surface area contributed by atoms with Crippen LogP contribution < -0.4 is 5.32 Å². The number of para-hydroxylation sites is 1. The molecule has 148 valence electrons. The van der Waals surface area contributed by atoms with E-state index in [0.717, 1.165) is 33.4 Å². The van der Waals surface area contributed by atoms with Crippen molar-refractivity contribution in [3.63, 3.8) is 0 Å². The molecule has 0 saturated heterocycles. The van der Waals surface area contributed by atoms with Crippen LogP contribution in [0.1, 0.15) is 24.5 Å². The standard InChI is InChI=1S/C22H21ClN4OS/c1-4-19(21(28)24-17-12-15(23)10-9-13(17)2)29-22-26-25-20-11-14(3)16-7-5-6-8-18(16)27(20)22/h5-12,19H,4H2,1-3H3,(H,24,28). The minimum atomic E-state index is -0.305. The van der Waals surface area contributed by atoms with Crippen molar-refractivity contribution >= 4 is 51.5 Å². The van der Waals surface area contributed by atoms with E-state index in [0.29, 0.717) is 16.6 Å². The minimum Gasteiger partial charge on any atom is -0.325 e. The van der Waals surface area contributed by atoms with Crippen LogP contribution in [0, 0.1) is 13.8 Å². The molecule has 0 saturated carbocycles. The number of aryl methyl sites for hydroxylation is 2. The zero-order valence-corrected chi connectivity index (χ0v) is 18.0. The van der Waals surface area contributed by atoms with Crippen molar-refractivity contribution in [3.8, 4) is 0 Å². The van der Waals surface area contributed by atoms with Crippen molar-refractivity contribution in [2.24, 2.45) is 0 Å². The normalized spacial score (nSPS) is 12.4. The van der Waals surface area contributed by atoms with Crippen LogP contribution in [-0.2, 0) is 4.79 Å². The number of nitrogens with one attached hydrogen (secondary N) is 1. The number of rotatable bonds is 5. The zero-order valence-electron chi connectivity index (χ0n) is 16.4. The van der Waals surface area contributed by atoms with E-state index >= 15 is 0 Å². The van der Waals surface area contributed by atoms with Crippen LogP contribution in [0.4, 0.5) is 5.69 Å². The van der Waals surface area contributed by atoms with Crippen LogP contribution in [-0.4, -0.2) is 25.8 Å². The predicted octanol–water partition coefficient (Wildman–Crippen LogP) is 5.66. The first kappa shape index (κ1) is 19.7. The van der Waals surface area contributed by atoms with Gasteiger partial charge in [0.2, 0.25) is 5.91 Å². The van der Waals surface area contributed by atoms with Gasteiger partial charge in [-0.2, -0.15) is 0 Å². The first-order chi connectivity index (χ1) is 14.0. The molecule has 2 aromatic heterocycles. The van der Waals surface area contributed by atoms with Crippen LogP contribution in [0.2, 0.25) is 5.02 Å². The second-order valence-electron chi connectivity index (χ2n) is 6.98. The fourth-order valence-corrected chi connectivity index (χ4v) is 4.49. The van der Waals surface area contributed by atoms with E-state index in [4.69, 9.17) is 11.6 Å². The Bertz CT molecular complexity index is 1220. The third-order valence-electron chi connectivity index (χ3n) is 4.94. The third kappa shape index (κ3) is 3.82. The second-order valence-corrected chi connectivity index (χ2v) is 8.59. The molecule has 2 aromatic carbocycles. The fraction of sp³-hybridized carbons (Fsp3) is 0.227. The number of carbonyl (C=O) groups excluding carboxylic acids is 1.